The summed E-state index contributed by atoms with van der Waals surface area (Å²) < 4.78 is 5.55. The van der Waals surface area contributed by atoms with Gasteiger partial charge in [0.05, 0.1) is 11.8 Å². The Morgan fingerprint density at radius 1 is 1.03 bits per heavy atom. The number of hydrogen-bond donors (Lipinski definition) is 1. The zero-order chi connectivity index (χ0) is 20.5. The molecule has 2 heterocycles. The number of aliphatic hydroxyl groups excluding tert-OH is 1. The van der Waals surface area contributed by atoms with E-state index in [4.69, 9.17) is 4.42 Å². The Hall–Kier alpha value is -3.60. The van der Waals surface area contributed by atoms with E-state index in [0.29, 0.717) is 17.0 Å². The molecular weight excluding hydrogens is 366 g/mol. The van der Waals surface area contributed by atoms with Crippen LogP contribution in [0.15, 0.2) is 76.9 Å². The van der Waals surface area contributed by atoms with Crippen LogP contribution in [-0.2, 0) is 16.0 Å². The van der Waals surface area contributed by atoms with E-state index < -0.39 is 17.7 Å². The van der Waals surface area contributed by atoms with Gasteiger partial charge in [0.2, 0.25) is 0 Å². The maximum Gasteiger partial charge on any atom is 0.300 e. The molecule has 29 heavy (non-hydrogen) atoms. The van der Waals surface area contributed by atoms with Crippen LogP contribution >= 0.6 is 0 Å². The minimum absolute atomic E-state index is 0.0229. The summed E-state index contributed by atoms with van der Waals surface area (Å²) in [6.07, 6.45) is 2.35. The molecule has 0 radical (unpaired) electrons. The Balaban J connectivity index is 1.88. The first-order valence-electron chi connectivity index (χ1n) is 9.51. The molecule has 1 fully saturated rings. The molecular formula is C24H21NO4. The lowest BCUT2D eigenvalue weighted by atomic mass is 9.98. The van der Waals surface area contributed by atoms with E-state index in [9.17, 15) is 14.7 Å². The van der Waals surface area contributed by atoms with Crippen molar-refractivity contribution < 1.29 is 19.1 Å². The number of rotatable bonds is 4. The van der Waals surface area contributed by atoms with Crippen LogP contribution in [0.2, 0.25) is 0 Å². The molecule has 3 aromatic rings. The number of Topliss-reactive ketones (excluding diaryl/α,β-unsaturated/α-hetero) is 1. The molecule has 0 saturated carbocycles. The topological polar surface area (TPSA) is 70.8 Å². The molecule has 0 bridgehead atoms. The number of carbonyl (C=O) groups is 2. The van der Waals surface area contributed by atoms with Crippen LogP contribution in [0.4, 0.5) is 5.69 Å². The number of furan rings is 1. The van der Waals surface area contributed by atoms with Crippen molar-refractivity contribution in [1.29, 1.82) is 0 Å². The van der Waals surface area contributed by atoms with Crippen LogP contribution in [-0.4, -0.2) is 16.8 Å². The van der Waals surface area contributed by atoms with Gasteiger partial charge < -0.3 is 9.52 Å². The molecule has 0 spiro atoms. The minimum atomic E-state index is -0.835. The number of benzene rings is 2. The van der Waals surface area contributed by atoms with Crippen molar-refractivity contribution in [3.05, 3.63) is 95.0 Å². The standard InChI is InChI=1S/C24H21NO4/c1-3-16-8-10-17(11-9-16)22(26)20-21(19-5-4-14-29-19)25(24(28)23(20)27)18-12-6-15(2)7-13-18/h4-14,21,26H,3H2,1-2H3/b22-20-. The van der Waals surface area contributed by atoms with E-state index in [-0.39, 0.29) is 11.3 Å². The van der Waals surface area contributed by atoms with Gasteiger partial charge in [0.25, 0.3) is 11.7 Å². The number of nitrogens with zero attached hydrogens (tertiary/aromatic N) is 1. The molecule has 1 aliphatic rings. The van der Waals surface area contributed by atoms with Gasteiger partial charge in [-0.05, 0) is 43.2 Å². The number of aliphatic hydroxyl groups is 1. The summed E-state index contributed by atoms with van der Waals surface area (Å²) in [4.78, 5) is 27.3. The van der Waals surface area contributed by atoms with E-state index in [1.807, 2.05) is 38.1 Å². The average Bonchev–Trinajstić information content (AvgIpc) is 3.36. The van der Waals surface area contributed by atoms with Crippen molar-refractivity contribution in [2.24, 2.45) is 0 Å². The van der Waals surface area contributed by atoms with Crippen LogP contribution in [0.3, 0.4) is 0 Å². The predicted molar refractivity (Wildman–Crippen MR) is 110 cm³/mol. The number of ketones is 1. The SMILES string of the molecule is CCc1ccc(/C(O)=C2/C(=O)C(=O)N(c3ccc(C)cc3)C2c2ccco2)cc1. The Kier molecular flexibility index (Phi) is 4.80. The van der Waals surface area contributed by atoms with Gasteiger partial charge in [0.1, 0.15) is 17.6 Å². The second-order valence-corrected chi connectivity index (χ2v) is 7.07. The Labute approximate surface area is 168 Å². The van der Waals surface area contributed by atoms with E-state index in [1.54, 1.807) is 36.4 Å². The van der Waals surface area contributed by atoms with Crippen molar-refractivity contribution in [2.45, 2.75) is 26.3 Å². The summed E-state index contributed by atoms with van der Waals surface area (Å²) >= 11 is 0. The summed E-state index contributed by atoms with van der Waals surface area (Å²) in [5, 5.41) is 11.0. The molecule has 1 aromatic heterocycles. The minimum Gasteiger partial charge on any atom is -0.507 e. The molecule has 0 aliphatic carbocycles. The van der Waals surface area contributed by atoms with Crippen LogP contribution in [0.25, 0.3) is 5.76 Å². The molecule has 1 N–H and O–H groups in total. The van der Waals surface area contributed by atoms with E-state index in [0.717, 1.165) is 17.5 Å². The molecule has 4 rings (SSSR count). The third-order valence-corrected chi connectivity index (χ3v) is 5.20. The number of hydrogen-bond acceptors (Lipinski definition) is 4. The van der Waals surface area contributed by atoms with Crippen molar-refractivity contribution >= 4 is 23.1 Å². The molecule has 2 aromatic carbocycles. The monoisotopic (exact) mass is 387 g/mol. The molecule has 1 amide bonds. The molecule has 5 heteroatoms. The van der Waals surface area contributed by atoms with Gasteiger partial charge in [-0.25, -0.2) is 0 Å². The number of carbonyl (C=O) groups excluding carboxylic acids is 2. The Morgan fingerprint density at radius 3 is 2.31 bits per heavy atom. The molecule has 1 unspecified atom stereocenters. The fraction of sp³-hybridized carbons (Fsp3) is 0.167. The highest BCUT2D eigenvalue weighted by Gasteiger charge is 2.48. The quantitative estimate of drug-likeness (QED) is 0.397. The summed E-state index contributed by atoms with van der Waals surface area (Å²) in [6, 6.07) is 17.2. The summed E-state index contributed by atoms with van der Waals surface area (Å²) in [6.45, 7) is 3.99. The third kappa shape index (κ3) is 3.25. The summed E-state index contributed by atoms with van der Waals surface area (Å²) in [7, 11) is 0. The zero-order valence-corrected chi connectivity index (χ0v) is 16.3. The number of amides is 1. The maximum atomic E-state index is 12.9. The van der Waals surface area contributed by atoms with Crippen LogP contribution in [0.1, 0.15) is 35.4 Å². The summed E-state index contributed by atoms with van der Waals surface area (Å²) in [5.41, 5.74) is 3.23. The van der Waals surface area contributed by atoms with E-state index in [1.165, 1.54) is 11.2 Å². The first kappa shape index (κ1) is 18.7. The largest absolute Gasteiger partial charge is 0.507 e. The number of anilines is 1. The van der Waals surface area contributed by atoms with Gasteiger partial charge in [-0.2, -0.15) is 0 Å². The van der Waals surface area contributed by atoms with Crippen molar-refractivity contribution in [3.63, 3.8) is 0 Å². The van der Waals surface area contributed by atoms with Crippen molar-refractivity contribution in [3.8, 4) is 0 Å². The Bertz CT molecular complexity index is 1080. The van der Waals surface area contributed by atoms with Crippen molar-refractivity contribution in [1.82, 2.24) is 0 Å². The lowest BCUT2D eigenvalue weighted by Crippen LogP contribution is -2.29. The van der Waals surface area contributed by atoms with Crippen molar-refractivity contribution in [2.75, 3.05) is 4.90 Å². The molecule has 1 saturated heterocycles. The molecule has 146 valence electrons. The van der Waals surface area contributed by atoms with Crippen LogP contribution in [0.5, 0.6) is 0 Å². The number of aryl methyl sites for hydroxylation is 2. The van der Waals surface area contributed by atoms with Gasteiger partial charge in [-0.1, -0.05) is 48.9 Å². The predicted octanol–water partition coefficient (Wildman–Crippen LogP) is 4.78. The highest BCUT2D eigenvalue weighted by atomic mass is 16.3. The lowest BCUT2D eigenvalue weighted by molar-refractivity contribution is -0.132. The van der Waals surface area contributed by atoms with Crippen LogP contribution < -0.4 is 4.90 Å². The molecule has 1 aliphatic heterocycles. The second kappa shape index (κ2) is 7.43. The maximum absolute atomic E-state index is 12.9. The second-order valence-electron chi connectivity index (χ2n) is 7.07. The third-order valence-electron chi connectivity index (χ3n) is 5.20. The van der Waals surface area contributed by atoms with Gasteiger partial charge >= 0.3 is 0 Å². The van der Waals surface area contributed by atoms with Gasteiger partial charge in [-0.15, -0.1) is 0 Å². The summed E-state index contributed by atoms with van der Waals surface area (Å²) in [5.74, 6) is -1.22. The van der Waals surface area contributed by atoms with E-state index >= 15 is 0 Å². The average molecular weight is 387 g/mol. The van der Waals surface area contributed by atoms with Gasteiger partial charge in [-0.3, -0.25) is 14.5 Å². The highest BCUT2D eigenvalue weighted by molar-refractivity contribution is 6.51. The normalized spacial score (nSPS) is 18.4. The van der Waals surface area contributed by atoms with Crippen LogP contribution in [0, 0.1) is 6.92 Å². The fourth-order valence-corrected chi connectivity index (χ4v) is 3.57. The molecule has 1 atom stereocenters. The first-order chi connectivity index (χ1) is 14.0. The van der Waals surface area contributed by atoms with Gasteiger partial charge in [0.15, 0.2) is 0 Å². The van der Waals surface area contributed by atoms with Gasteiger partial charge in [0, 0.05) is 11.3 Å². The van der Waals surface area contributed by atoms with E-state index in [2.05, 4.69) is 0 Å². The smallest absolute Gasteiger partial charge is 0.300 e. The fourth-order valence-electron chi connectivity index (χ4n) is 3.57. The lowest BCUT2D eigenvalue weighted by Gasteiger charge is -2.23. The first-order valence-corrected chi connectivity index (χ1v) is 9.51. The Morgan fingerprint density at radius 2 is 1.72 bits per heavy atom. The highest BCUT2D eigenvalue weighted by Crippen LogP contribution is 2.42. The molecule has 5 nitrogen and oxygen atoms in total. The zero-order valence-electron chi connectivity index (χ0n) is 16.3.